The second-order valence-corrected chi connectivity index (χ2v) is 11.2. The molecular formula is C39H52F2N4O2. The number of aryl methyl sites for hydroxylation is 2. The summed E-state index contributed by atoms with van der Waals surface area (Å²) < 4.78 is 27.8. The second kappa shape index (κ2) is 20.7. The summed E-state index contributed by atoms with van der Waals surface area (Å²) in [5.74, 6) is 0.101. The van der Waals surface area contributed by atoms with Crippen molar-refractivity contribution in [2.75, 3.05) is 20.1 Å². The highest BCUT2D eigenvalue weighted by atomic mass is 19.1. The van der Waals surface area contributed by atoms with Gasteiger partial charge in [-0.2, -0.15) is 0 Å². The van der Waals surface area contributed by atoms with Crippen molar-refractivity contribution in [1.82, 2.24) is 16.0 Å². The molecule has 47 heavy (non-hydrogen) atoms. The average molecular weight is 647 g/mol. The number of hydrogen-bond acceptors (Lipinski definition) is 5. The second-order valence-electron chi connectivity index (χ2n) is 11.2. The molecule has 5 N–H and O–H groups in total. The molecule has 1 aliphatic heterocycles. The Morgan fingerprint density at radius 2 is 1.81 bits per heavy atom. The number of dihydropyridines is 1. The first-order valence-corrected chi connectivity index (χ1v) is 15.8. The van der Waals surface area contributed by atoms with Crippen LogP contribution in [0.15, 0.2) is 85.3 Å². The standard InChI is InChI=1S/C25H29FN2O.C11H17FN2.C2H4.CH2O/c1-6-8-20-16(3)23(15(2)13-22(20)26)24(21-9-7-12-27-18(21)5)17(4)25(29)28-14-19-10-11-19;1-3-8-6-9(4-5-10(8)12)11(13)7-14-2;2*1-2/h6-9,12-13,19,27H,5,10-11,14H2,1-4H3,(H,28,29);4-6,11,14H,3,7,13H2,1-2H3;1-2H2;1H2/b8-6-,24-17+;;;. The Bertz CT molecular complexity index is 1500. The van der Waals surface area contributed by atoms with Crippen molar-refractivity contribution < 1.29 is 18.4 Å². The molecule has 2 aromatic rings. The van der Waals surface area contributed by atoms with E-state index >= 15 is 0 Å². The molecule has 254 valence electrons. The molecule has 2 aromatic carbocycles. The Morgan fingerprint density at radius 3 is 2.36 bits per heavy atom. The van der Waals surface area contributed by atoms with Crippen LogP contribution in [-0.2, 0) is 16.0 Å². The van der Waals surface area contributed by atoms with Gasteiger partial charge in [-0.15, -0.1) is 13.2 Å². The molecule has 0 aromatic heterocycles. The maximum absolute atomic E-state index is 14.6. The van der Waals surface area contributed by atoms with Gasteiger partial charge >= 0.3 is 0 Å². The summed E-state index contributed by atoms with van der Waals surface area (Å²) in [5, 5.41) is 9.19. The molecule has 1 saturated carbocycles. The number of nitrogens with two attached hydrogens (primary N) is 1. The van der Waals surface area contributed by atoms with Crippen LogP contribution in [-0.4, -0.2) is 32.8 Å². The molecule has 0 spiro atoms. The zero-order chi connectivity index (χ0) is 35.7. The van der Waals surface area contributed by atoms with Crippen molar-refractivity contribution in [1.29, 1.82) is 0 Å². The lowest BCUT2D eigenvalue weighted by Crippen LogP contribution is -2.27. The quantitative estimate of drug-likeness (QED) is 0.158. The van der Waals surface area contributed by atoms with Gasteiger partial charge in [-0.3, -0.25) is 4.79 Å². The fraction of sp³-hybridized carbons (Fsp3) is 0.333. The van der Waals surface area contributed by atoms with Crippen LogP contribution < -0.4 is 21.7 Å². The maximum Gasteiger partial charge on any atom is 0.247 e. The Labute approximate surface area is 280 Å². The molecule has 8 heteroatoms. The molecule has 1 heterocycles. The minimum Gasteiger partial charge on any atom is -0.362 e. The monoisotopic (exact) mass is 646 g/mol. The Balaban J connectivity index is 0.000000515. The number of halogens is 2. The predicted octanol–water partition coefficient (Wildman–Crippen LogP) is 7.56. The summed E-state index contributed by atoms with van der Waals surface area (Å²) in [6, 6.07) is 6.56. The van der Waals surface area contributed by atoms with Crippen LogP contribution in [0.3, 0.4) is 0 Å². The largest absolute Gasteiger partial charge is 0.362 e. The molecular weight excluding hydrogens is 594 g/mol. The Kier molecular flexibility index (Phi) is 17.9. The highest BCUT2D eigenvalue weighted by molar-refractivity contribution is 6.06. The van der Waals surface area contributed by atoms with Crippen molar-refractivity contribution in [3.8, 4) is 0 Å². The van der Waals surface area contributed by atoms with Crippen molar-refractivity contribution in [2.45, 2.75) is 59.9 Å². The fourth-order valence-corrected chi connectivity index (χ4v) is 5.17. The number of carbonyl (C=O) groups excluding carboxylic acids is 2. The SMILES string of the molecule is C=C.C=C1NC=CC=C1/C(=C(/C)C(=O)NCC1CC1)c1c(C)cc(F)c(/C=C\C)c1C.C=O.CCc1cc(C(N)CNC)ccc1F. The van der Waals surface area contributed by atoms with E-state index in [1.807, 2.05) is 78.9 Å². The van der Waals surface area contributed by atoms with Crippen molar-refractivity contribution in [2.24, 2.45) is 11.7 Å². The summed E-state index contributed by atoms with van der Waals surface area (Å²) in [5.41, 5.74) is 13.6. The molecule has 1 aliphatic carbocycles. The van der Waals surface area contributed by atoms with Gasteiger partial charge in [0.25, 0.3) is 0 Å². The fourth-order valence-electron chi connectivity index (χ4n) is 5.17. The van der Waals surface area contributed by atoms with Gasteiger partial charge < -0.3 is 26.5 Å². The smallest absolute Gasteiger partial charge is 0.247 e. The van der Waals surface area contributed by atoms with Gasteiger partial charge in [-0.25, -0.2) is 8.78 Å². The highest BCUT2D eigenvalue weighted by Crippen LogP contribution is 2.38. The third-order valence-corrected chi connectivity index (χ3v) is 7.84. The van der Waals surface area contributed by atoms with Gasteiger partial charge in [0.2, 0.25) is 5.91 Å². The van der Waals surface area contributed by atoms with Gasteiger partial charge in [0.15, 0.2) is 0 Å². The molecule has 0 bridgehead atoms. The van der Waals surface area contributed by atoms with Gasteiger partial charge in [0.1, 0.15) is 18.4 Å². The van der Waals surface area contributed by atoms with E-state index in [0.29, 0.717) is 42.3 Å². The number of likely N-dealkylation sites (N-methyl/N-ethyl adjacent to an activating group) is 1. The molecule has 4 rings (SSSR count). The van der Waals surface area contributed by atoms with Crippen LogP contribution >= 0.6 is 0 Å². The maximum atomic E-state index is 14.6. The number of carbonyl (C=O) groups is 2. The van der Waals surface area contributed by atoms with Crippen molar-refractivity contribution >= 4 is 24.3 Å². The number of allylic oxidation sites excluding steroid dienone is 4. The number of benzene rings is 2. The van der Waals surface area contributed by atoms with E-state index in [-0.39, 0.29) is 23.6 Å². The molecule has 1 unspecified atom stereocenters. The first kappa shape index (κ1) is 40.6. The van der Waals surface area contributed by atoms with Crippen LogP contribution in [0.5, 0.6) is 0 Å². The van der Waals surface area contributed by atoms with Crippen LogP contribution in [0, 0.1) is 31.4 Å². The van der Waals surface area contributed by atoms with E-state index in [1.165, 1.54) is 18.9 Å². The molecule has 1 fully saturated rings. The summed E-state index contributed by atoms with van der Waals surface area (Å²) >= 11 is 0. The topological polar surface area (TPSA) is 96.2 Å². The molecule has 1 atom stereocenters. The first-order valence-electron chi connectivity index (χ1n) is 15.8. The van der Waals surface area contributed by atoms with Gasteiger partial charge in [-0.1, -0.05) is 43.9 Å². The van der Waals surface area contributed by atoms with Crippen LogP contribution in [0.25, 0.3) is 11.6 Å². The van der Waals surface area contributed by atoms with E-state index in [0.717, 1.165) is 39.0 Å². The Hall–Kier alpha value is -4.40. The lowest BCUT2D eigenvalue weighted by Gasteiger charge is -2.24. The van der Waals surface area contributed by atoms with Crippen LogP contribution in [0.1, 0.15) is 73.0 Å². The van der Waals surface area contributed by atoms with E-state index < -0.39 is 0 Å². The average Bonchev–Trinajstić information content (AvgIpc) is 3.91. The lowest BCUT2D eigenvalue weighted by atomic mass is 9.83. The van der Waals surface area contributed by atoms with E-state index in [1.54, 1.807) is 18.2 Å². The number of amides is 1. The van der Waals surface area contributed by atoms with E-state index in [2.05, 4.69) is 35.7 Å². The minimum absolute atomic E-state index is 0.0640. The Morgan fingerprint density at radius 1 is 1.15 bits per heavy atom. The van der Waals surface area contributed by atoms with Crippen LogP contribution in [0.2, 0.25) is 0 Å². The summed E-state index contributed by atoms with van der Waals surface area (Å²) in [6.07, 6.45) is 12.3. The normalized spacial score (nSPS) is 14.6. The summed E-state index contributed by atoms with van der Waals surface area (Å²) in [7, 11) is 1.85. The molecule has 1 amide bonds. The van der Waals surface area contributed by atoms with E-state index in [4.69, 9.17) is 10.5 Å². The molecule has 6 nitrogen and oxygen atoms in total. The number of rotatable bonds is 10. The van der Waals surface area contributed by atoms with Crippen LogP contribution in [0.4, 0.5) is 8.78 Å². The van der Waals surface area contributed by atoms with E-state index in [9.17, 15) is 13.6 Å². The predicted molar refractivity (Wildman–Crippen MR) is 193 cm³/mol. The third-order valence-electron chi connectivity index (χ3n) is 7.84. The summed E-state index contributed by atoms with van der Waals surface area (Å²) in [6.45, 7) is 23.0. The molecule has 2 aliphatic rings. The summed E-state index contributed by atoms with van der Waals surface area (Å²) in [4.78, 5) is 21.0. The minimum atomic E-state index is -0.258. The zero-order valence-corrected chi connectivity index (χ0v) is 28.9. The van der Waals surface area contributed by atoms with Crippen molar-refractivity contribution in [3.63, 3.8) is 0 Å². The molecule has 0 saturated heterocycles. The molecule has 0 radical (unpaired) electrons. The van der Waals surface area contributed by atoms with Gasteiger partial charge in [0.05, 0.1) is 0 Å². The van der Waals surface area contributed by atoms with Gasteiger partial charge in [-0.05, 0) is 112 Å². The van der Waals surface area contributed by atoms with Gasteiger partial charge in [0, 0.05) is 47.7 Å². The zero-order valence-electron chi connectivity index (χ0n) is 28.9. The van der Waals surface area contributed by atoms with Crippen molar-refractivity contribution in [3.05, 3.63) is 130 Å². The lowest BCUT2D eigenvalue weighted by molar-refractivity contribution is -0.117. The number of hydrogen-bond donors (Lipinski definition) is 4. The highest BCUT2D eigenvalue weighted by Gasteiger charge is 2.26. The third kappa shape index (κ3) is 11.4. The first-order chi connectivity index (χ1) is 22.5. The number of nitrogens with one attached hydrogen (secondary N) is 3.